The smallest absolute Gasteiger partial charge is 0.295 e. The molecule has 1 aromatic heterocycles. The molecule has 3 heterocycles. The zero-order valence-corrected chi connectivity index (χ0v) is 17.7. The van der Waals surface area contributed by atoms with Gasteiger partial charge in [0.1, 0.15) is 11.9 Å². The van der Waals surface area contributed by atoms with Crippen molar-refractivity contribution < 1.29 is 14.3 Å². The Morgan fingerprint density at radius 1 is 1.13 bits per heavy atom. The lowest BCUT2D eigenvalue weighted by atomic mass is 9.74. The van der Waals surface area contributed by atoms with E-state index in [0.717, 1.165) is 30.5 Å². The van der Waals surface area contributed by atoms with Crippen LogP contribution < -0.4 is 4.90 Å². The number of halogens is 1. The first-order valence-electron chi connectivity index (χ1n) is 10.4. The first kappa shape index (κ1) is 19.3. The molecule has 2 aromatic rings. The minimum absolute atomic E-state index is 0.0290. The molecule has 5 rings (SSSR count). The predicted molar refractivity (Wildman–Crippen MR) is 114 cm³/mol. The van der Waals surface area contributed by atoms with Gasteiger partial charge in [-0.05, 0) is 61.9 Å². The average molecular weight is 423 g/mol. The van der Waals surface area contributed by atoms with Crippen LogP contribution in [-0.2, 0) is 14.3 Å². The molecule has 2 aliphatic heterocycles. The number of ketones is 1. The van der Waals surface area contributed by atoms with Crippen LogP contribution in [0.5, 0.6) is 0 Å². The largest absolute Gasteiger partial charge is 0.483 e. The molecule has 154 valence electrons. The van der Waals surface area contributed by atoms with Gasteiger partial charge in [-0.1, -0.05) is 36.7 Å². The number of fused-ring (bicyclic) bond motifs is 1. The van der Waals surface area contributed by atoms with Gasteiger partial charge in [-0.25, -0.2) is 4.98 Å². The van der Waals surface area contributed by atoms with E-state index in [2.05, 4.69) is 11.9 Å². The number of hydrogen-bond donors (Lipinski definition) is 0. The van der Waals surface area contributed by atoms with Crippen LogP contribution in [0.25, 0.3) is 0 Å². The van der Waals surface area contributed by atoms with E-state index < -0.39 is 6.04 Å². The molecule has 0 N–H and O–H groups in total. The molecule has 4 unspecified atom stereocenters. The van der Waals surface area contributed by atoms with Crippen molar-refractivity contribution in [1.82, 2.24) is 4.98 Å². The fraction of sp³-hybridized carbons (Fsp3) is 0.375. The van der Waals surface area contributed by atoms with Gasteiger partial charge in [-0.15, -0.1) is 0 Å². The van der Waals surface area contributed by atoms with Crippen molar-refractivity contribution in [2.45, 2.75) is 45.3 Å². The molecule has 5 nitrogen and oxygen atoms in total. The average Bonchev–Trinajstić information content (AvgIpc) is 3.01. The van der Waals surface area contributed by atoms with Crippen molar-refractivity contribution in [1.29, 1.82) is 0 Å². The van der Waals surface area contributed by atoms with Crippen LogP contribution in [0.4, 0.5) is 5.82 Å². The normalized spacial score (nSPS) is 28.3. The minimum atomic E-state index is -0.591. The number of Topliss-reactive ketones (excluding diaryl/α,β-unsaturated/α-hetero) is 1. The number of amides is 1. The Morgan fingerprint density at radius 3 is 2.70 bits per heavy atom. The van der Waals surface area contributed by atoms with Gasteiger partial charge in [0.05, 0.1) is 17.5 Å². The number of carbonyl (C=O) groups excluding carboxylic acids is 2. The zero-order chi connectivity index (χ0) is 21.0. The molecule has 4 atom stereocenters. The highest BCUT2D eigenvalue weighted by Crippen LogP contribution is 2.48. The summed E-state index contributed by atoms with van der Waals surface area (Å²) in [6, 6.07) is 12.3. The predicted octanol–water partition coefficient (Wildman–Crippen LogP) is 4.79. The summed E-state index contributed by atoms with van der Waals surface area (Å²) in [6.07, 6.45) is 2.37. The summed E-state index contributed by atoms with van der Waals surface area (Å²) >= 11 is 6.27. The minimum Gasteiger partial charge on any atom is -0.483 e. The fourth-order valence-corrected chi connectivity index (χ4v) is 5.17. The number of aryl methyl sites for hydroxylation is 1. The summed E-state index contributed by atoms with van der Waals surface area (Å²) in [5.41, 5.74) is 2.02. The van der Waals surface area contributed by atoms with Gasteiger partial charge in [-0.2, -0.15) is 0 Å². The second-order valence-corrected chi connectivity index (χ2v) is 8.99. The lowest BCUT2D eigenvalue weighted by molar-refractivity contribution is -0.132. The van der Waals surface area contributed by atoms with Gasteiger partial charge in [0.25, 0.3) is 5.91 Å². The highest BCUT2D eigenvalue weighted by atomic mass is 35.5. The Hall–Kier alpha value is -2.66. The van der Waals surface area contributed by atoms with Crippen LogP contribution in [0.3, 0.4) is 0 Å². The summed E-state index contributed by atoms with van der Waals surface area (Å²) in [5.74, 6) is 0.681. The first-order valence-corrected chi connectivity index (χ1v) is 10.8. The van der Waals surface area contributed by atoms with Crippen molar-refractivity contribution in [3.05, 3.63) is 70.1 Å². The van der Waals surface area contributed by atoms with Crippen molar-refractivity contribution in [3.8, 4) is 0 Å². The Morgan fingerprint density at radius 2 is 1.93 bits per heavy atom. The SMILES string of the molecule is Cc1cccc(N2C(=O)C3=C(C(=O)C4CC(C)CCC4O3)C2c2cccc(Cl)c2)n1. The van der Waals surface area contributed by atoms with Gasteiger partial charge in [0, 0.05) is 10.7 Å². The molecule has 1 fully saturated rings. The van der Waals surface area contributed by atoms with Crippen molar-refractivity contribution in [3.63, 3.8) is 0 Å². The third-order valence-electron chi connectivity index (χ3n) is 6.39. The summed E-state index contributed by atoms with van der Waals surface area (Å²) in [7, 11) is 0. The summed E-state index contributed by atoms with van der Waals surface area (Å²) in [5, 5.41) is 0.555. The number of ether oxygens (including phenoxy) is 1. The van der Waals surface area contributed by atoms with Crippen molar-refractivity contribution in [2.75, 3.05) is 4.90 Å². The van der Waals surface area contributed by atoms with Gasteiger partial charge < -0.3 is 4.74 Å². The van der Waals surface area contributed by atoms with E-state index in [1.165, 1.54) is 0 Å². The molecule has 0 bridgehead atoms. The number of anilines is 1. The highest BCUT2D eigenvalue weighted by molar-refractivity contribution is 6.30. The maximum absolute atomic E-state index is 13.7. The zero-order valence-electron chi connectivity index (χ0n) is 17.0. The molecule has 1 amide bonds. The Bertz CT molecular complexity index is 1080. The lowest BCUT2D eigenvalue weighted by Gasteiger charge is -2.37. The maximum Gasteiger partial charge on any atom is 0.295 e. The second-order valence-electron chi connectivity index (χ2n) is 8.56. The third kappa shape index (κ3) is 3.03. The highest BCUT2D eigenvalue weighted by Gasteiger charge is 2.53. The monoisotopic (exact) mass is 422 g/mol. The van der Waals surface area contributed by atoms with E-state index in [1.54, 1.807) is 23.1 Å². The summed E-state index contributed by atoms with van der Waals surface area (Å²) < 4.78 is 6.22. The molecule has 30 heavy (non-hydrogen) atoms. The molecule has 0 saturated heterocycles. The van der Waals surface area contributed by atoms with Crippen LogP contribution in [0.15, 0.2) is 53.8 Å². The molecule has 3 aliphatic rings. The number of aromatic nitrogens is 1. The van der Waals surface area contributed by atoms with Gasteiger partial charge in [0.15, 0.2) is 11.5 Å². The quantitative estimate of drug-likeness (QED) is 0.698. The van der Waals surface area contributed by atoms with Crippen molar-refractivity contribution in [2.24, 2.45) is 11.8 Å². The van der Waals surface area contributed by atoms with Crippen LogP contribution in [0, 0.1) is 18.8 Å². The molecule has 6 heteroatoms. The molecular weight excluding hydrogens is 400 g/mol. The maximum atomic E-state index is 13.7. The van der Waals surface area contributed by atoms with E-state index in [-0.39, 0.29) is 29.5 Å². The summed E-state index contributed by atoms with van der Waals surface area (Å²) in [4.78, 5) is 33.4. The number of nitrogens with zero attached hydrogens (tertiary/aromatic N) is 2. The van der Waals surface area contributed by atoms with Crippen molar-refractivity contribution >= 4 is 29.1 Å². The van der Waals surface area contributed by atoms with Crippen LogP contribution in [0.2, 0.25) is 5.02 Å². The molecular formula is C24H23ClN2O3. The van der Waals surface area contributed by atoms with Gasteiger partial charge in [0.2, 0.25) is 0 Å². The number of hydrogen-bond acceptors (Lipinski definition) is 4. The lowest BCUT2D eigenvalue weighted by Crippen LogP contribution is -2.41. The first-order chi connectivity index (χ1) is 14.4. The van der Waals surface area contributed by atoms with Gasteiger partial charge in [-0.3, -0.25) is 14.5 Å². The van der Waals surface area contributed by atoms with Gasteiger partial charge >= 0.3 is 0 Å². The molecule has 0 radical (unpaired) electrons. The Labute approximate surface area is 180 Å². The number of pyridine rings is 1. The van der Waals surface area contributed by atoms with E-state index >= 15 is 0 Å². The molecule has 1 aromatic carbocycles. The van der Waals surface area contributed by atoms with E-state index in [4.69, 9.17) is 16.3 Å². The van der Waals surface area contributed by atoms with E-state index in [9.17, 15) is 9.59 Å². The molecule has 1 saturated carbocycles. The Kier molecular flexibility index (Phi) is 4.66. The number of carbonyl (C=O) groups is 2. The third-order valence-corrected chi connectivity index (χ3v) is 6.63. The summed E-state index contributed by atoms with van der Waals surface area (Å²) in [6.45, 7) is 4.05. The van der Waals surface area contributed by atoms with Crippen LogP contribution in [-0.4, -0.2) is 22.8 Å². The number of benzene rings is 1. The van der Waals surface area contributed by atoms with Crippen LogP contribution in [0.1, 0.15) is 43.5 Å². The van der Waals surface area contributed by atoms with Crippen LogP contribution >= 0.6 is 11.6 Å². The standard InChI is InChI=1S/C24H23ClN2O3/c1-13-9-10-18-17(11-13)22(28)20-21(15-6-4-7-16(25)12-15)27(24(29)23(20)30-18)19-8-3-5-14(2)26-19/h3-8,12-13,17-18,21H,9-11H2,1-2H3. The molecule has 0 spiro atoms. The topological polar surface area (TPSA) is 59.5 Å². The second kappa shape index (κ2) is 7.24. The van der Waals surface area contributed by atoms with E-state index in [1.807, 2.05) is 31.2 Å². The fourth-order valence-electron chi connectivity index (χ4n) is 4.97. The molecule has 1 aliphatic carbocycles. The number of rotatable bonds is 2. The Balaban J connectivity index is 1.66. The van der Waals surface area contributed by atoms with E-state index in [0.29, 0.717) is 22.3 Å².